The molecule has 0 unspecified atom stereocenters. The van der Waals surface area contributed by atoms with Gasteiger partial charge in [-0.05, 0) is 64.0 Å². The third kappa shape index (κ3) is 4.81. The van der Waals surface area contributed by atoms with E-state index in [-0.39, 0.29) is 28.2 Å². The predicted molar refractivity (Wildman–Crippen MR) is 136 cm³/mol. The van der Waals surface area contributed by atoms with Gasteiger partial charge in [-0.1, -0.05) is 23.2 Å². The fourth-order valence-electron chi connectivity index (χ4n) is 5.15. The molecule has 2 atom stereocenters. The number of anilines is 3. The number of hydrogen-bond donors (Lipinski definition) is 4. The second kappa shape index (κ2) is 9.64. The van der Waals surface area contributed by atoms with Crippen LogP contribution >= 0.6 is 23.2 Å². The number of halogens is 3. The van der Waals surface area contributed by atoms with Crippen molar-refractivity contribution in [1.82, 2.24) is 19.5 Å². The summed E-state index contributed by atoms with van der Waals surface area (Å²) in [5.74, 6) is -0.513. The number of aliphatic hydroxyl groups excluding tert-OH is 1. The molecule has 2 saturated carbocycles. The molecule has 2 aliphatic carbocycles. The largest absolute Gasteiger partial charge is 0.481 e. The second-order valence-corrected chi connectivity index (χ2v) is 10.8. The number of imidazole rings is 1. The SMILES string of the molecule is C[C@]1(C(=O)O)CC[C@@H](n2c(Nc3c(Cl)cc(F)cc3Cl)nc3cnc(N[C@H]4CC[C@H](O)C4)nc32)CC1. The van der Waals surface area contributed by atoms with Crippen LogP contribution in [-0.2, 0) is 4.79 Å². The summed E-state index contributed by atoms with van der Waals surface area (Å²) in [6, 6.07) is 2.33. The monoisotopic (exact) mass is 536 g/mol. The Kier molecular flexibility index (Phi) is 6.69. The number of rotatable bonds is 6. The molecular formula is C24H27Cl2FN6O3. The van der Waals surface area contributed by atoms with E-state index in [1.807, 2.05) is 4.57 Å². The van der Waals surface area contributed by atoms with Gasteiger partial charge < -0.3 is 20.8 Å². The third-order valence-electron chi connectivity index (χ3n) is 7.35. The Morgan fingerprint density at radius 1 is 1.17 bits per heavy atom. The van der Waals surface area contributed by atoms with E-state index in [9.17, 15) is 19.4 Å². The number of benzene rings is 1. The van der Waals surface area contributed by atoms with E-state index in [1.165, 1.54) is 12.1 Å². The molecule has 9 nitrogen and oxygen atoms in total. The quantitative estimate of drug-likeness (QED) is 0.323. The van der Waals surface area contributed by atoms with E-state index in [1.54, 1.807) is 13.1 Å². The number of fused-ring (bicyclic) bond motifs is 1. The summed E-state index contributed by atoms with van der Waals surface area (Å²) in [5, 5.41) is 26.2. The number of nitrogens with zero attached hydrogens (tertiary/aromatic N) is 4. The van der Waals surface area contributed by atoms with Gasteiger partial charge in [-0.3, -0.25) is 9.36 Å². The Morgan fingerprint density at radius 2 is 1.86 bits per heavy atom. The van der Waals surface area contributed by atoms with Crippen LogP contribution in [-0.4, -0.2) is 47.8 Å². The minimum Gasteiger partial charge on any atom is -0.481 e. The Morgan fingerprint density at radius 3 is 2.47 bits per heavy atom. The molecule has 0 bridgehead atoms. The Bertz CT molecular complexity index is 1290. The molecule has 192 valence electrons. The average molecular weight is 537 g/mol. The molecular weight excluding hydrogens is 510 g/mol. The summed E-state index contributed by atoms with van der Waals surface area (Å²) in [7, 11) is 0. The third-order valence-corrected chi connectivity index (χ3v) is 7.95. The van der Waals surface area contributed by atoms with Crippen LogP contribution in [0.4, 0.5) is 22.0 Å². The Balaban J connectivity index is 1.53. The number of carboxylic acid groups (broad SMARTS) is 1. The molecule has 0 amide bonds. The van der Waals surface area contributed by atoms with Crippen molar-refractivity contribution in [3.05, 3.63) is 34.2 Å². The highest BCUT2D eigenvalue weighted by atomic mass is 35.5. The fraction of sp³-hybridized carbons (Fsp3) is 0.500. The van der Waals surface area contributed by atoms with Crippen molar-refractivity contribution in [2.45, 2.75) is 70.1 Å². The molecule has 3 aromatic rings. The lowest BCUT2D eigenvalue weighted by atomic mass is 9.74. The number of carbonyl (C=O) groups is 1. The lowest BCUT2D eigenvalue weighted by Crippen LogP contribution is -2.33. The van der Waals surface area contributed by atoms with E-state index in [4.69, 9.17) is 28.2 Å². The lowest BCUT2D eigenvalue weighted by molar-refractivity contribution is -0.150. The molecule has 2 heterocycles. The van der Waals surface area contributed by atoms with Gasteiger partial charge in [0, 0.05) is 12.1 Å². The lowest BCUT2D eigenvalue weighted by Gasteiger charge is -2.35. The smallest absolute Gasteiger partial charge is 0.309 e. The van der Waals surface area contributed by atoms with Crippen molar-refractivity contribution in [1.29, 1.82) is 0 Å². The van der Waals surface area contributed by atoms with E-state index < -0.39 is 17.2 Å². The molecule has 0 spiro atoms. The molecule has 5 rings (SSSR count). The van der Waals surface area contributed by atoms with Crippen molar-refractivity contribution >= 4 is 57.9 Å². The van der Waals surface area contributed by atoms with Gasteiger partial charge in [0.1, 0.15) is 11.3 Å². The molecule has 4 N–H and O–H groups in total. The van der Waals surface area contributed by atoms with E-state index in [2.05, 4.69) is 20.6 Å². The van der Waals surface area contributed by atoms with Gasteiger partial charge in [0.05, 0.1) is 33.4 Å². The molecule has 0 aliphatic heterocycles. The molecule has 12 heteroatoms. The second-order valence-electron chi connectivity index (χ2n) is 9.98. The van der Waals surface area contributed by atoms with Crippen LogP contribution in [0.25, 0.3) is 11.2 Å². The summed E-state index contributed by atoms with van der Waals surface area (Å²) < 4.78 is 15.7. The van der Waals surface area contributed by atoms with Crippen LogP contribution in [0.2, 0.25) is 10.0 Å². The highest BCUT2D eigenvalue weighted by molar-refractivity contribution is 6.39. The first-order valence-corrected chi connectivity index (χ1v) is 12.7. The molecule has 2 aliphatic rings. The number of aliphatic hydroxyl groups is 1. The van der Waals surface area contributed by atoms with Crippen LogP contribution in [0, 0.1) is 11.2 Å². The van der Waals surface area contributed by atoms with Gasteiger partial charge >= 0.3 is 5.97 Å². The minimum absolute atomic E-state index is 0.0780. The number of aliphatic carboxylic acids is 1. The molecule has 0 saturated heterocycles. The zero-order chi connectivity index (χ0) is 25.6. The number of carboxylic acids is 1. The number of aromatic nitrogens is 4. The molecule has 36 heavy (non-hydrogen) atoms. The van der Waals surface area contributed by atoms with Crippen molar-refractivity contribution in [2.75, 3.05) is 10.6 Å². The standard InChI is InChI=1S/C24H27Cl2FN6O3/c1-24(21(35)36)6-4-14(5-7-24)33-20-18(11-28-22(32-20)29-13-2-3-15(34)10-13)30-23(33)31-19-16(25)8-12(27)9-17(19)26/h8-9,11,13-15,34H,2-7,10H2,1H3,(H,30,31)(H,35,36)(H,28,29,32)/t13-,14-,15-,24+/m0/s1. The fourth-order valence-corrected chi connectivity index (χ4v) is 5.71. The predicted octanol–water partition coefficient (Wildman–Crippen LogP) is 5.55. The summed E-state index contributed by atoms with van der Waals surface area (Å²) in [5.41, 5.74) is 0.644. The maximum atomic E-state index is 13.8. The Labute approximate surface area is 217 Å². The van der Waals surface area contributed by atoms with Crippen LogP contribution in [0.15, 0.2) is 18.3 Å². The van der Waals surface area contributed by atoms with Gasteiger partial charge in [-0.2, -0.15) is 4.98 Å². The first kappa shape index (κ1) is 25.0. The number of nitrogens with one attached hydrogen (secondary N) is 2. The number of hydrogen-bond acceptors (Lipinski definition) is 7. The van der Waals surface area contributed by atoms with Gasteiger partial charge in [-0.25, -0.2) is 14.4 Å². The van der Waals surface area contributed by atoms with Gasteiger partial charge in [-0.15, -0.1) is 0 Å². The molecule has 2 fully saturated rings. The van der Waals surface area contributed by atoms with Crippen LogP contribution < -0.4 is 10.6 Å². The van der Waals surface area contributed by atoms with Crippen LogP contribution in [0.1, 0.15) is 57.9 Å². The summed E-state index contributed by atoms with van der Waals surface area (Å²) in [4.78, 5) is 25.6. The topological polar surface area (TPSA) is 125 Å². The first-order chi connectivity index (χ1) is 17.1. The van der Waals surface area contributed by atoms with Gasteiger partial charge in [0.15, 0.2) is 5.65 Å². The van der Waals surface area contributed by atoms with E-state index in [0.717, 1.165) is 12.8 Å². The van der Waals surface area contributed by atoms with Crippen molar-refractivity contribution in [3.8, 4) is 0 Å². The van der Waals surface area contributed by atoms with E-state index in [0.29, 0.717) is 60.9 Å². The summed E-state index contributed by atoms with van der Waals surface area (Å²) in [6.07, 6.45) is 5.69. The van der Waals surface area contributed by atoms with Crippen molar-refractivity contribution < 1.29 is 19.4 Å². The average Bonchev–Trinajstić information content (AvgIpc) is 3.39. The highest BCUT2D eigenvalue weighted by Crippen LogP contribution is 2.44. The first-order valence-electron chi connectivity index (χ1n) is 12.0. The van der Waals surface area contributed by atoms with Crippen molar-refractivity contribution in [2.24, 2.45) is 5.41 Å². The van der Waals surface area contributed by atoms with Gasteiger partial charge in [0.25, 0.3) is 0 Å². The normalized spacial score (nSPS) is 26.3. The maximum Gasteiger partial charge on any atom is 0.309 e. The molecule has 2 aromatic heterocycles. The molecule has 1 aromatic carbocycles. The van der Waals surface area contributed by atoms with Crippen LogP contribution in [0.5, 0.6) is 0 Å². The van der Waals surface area contributed by atoms with E-state index >= 15 is 0 Å². The summed E-state index contributed by atoms with van der Waals surface area (Å²) in [6.45, 7) is 1.77. The van der Waals surface area contributed by atoms with Crippen LogP contribution in [0.3, 0.4) is 0 Å². The highest BCUT2D eigenvalue weighted by Gasteiger charge is 2.39. The van der Waals surface area contributed by atoms with Crippen molar-refractivity contribution in [3.63, 3.8) is 0 Å². The maximum absolute atomic E-state index is 13.8. The minimum atomic E-state index is -0.799. The zero-order valence-electron chi connectivity index (χ0n) is 19.6. The van der Waals surface area contributed by atoms with Gasteiger partial charge in [0.2, 0.25) is 11.9 Å². The summed E-state index contributed by atoms with van der Waals surface area (Å²) >= 11 is 12.6. The molecule has 0 radical (unpaired) electrons. The zero-order valence-corrected chi connectivity index (χ0v) is 21.2. The Hall–Kier alpha value is -2.69.